The van der Waals surface area contributed by atoms with Crippen LogP contribution in [0.4, 0.5) is 0 Å². The van der Waals surface area contributed by atoms with Crippen molar-refractivity contribution in [3.63, 3.8) is 0 Å². The molecule has 2 heterocycles. The molecule has 0 bridgehead atoms. The van der Waals surface area contributed by atoms with E-state index in [4.69, 9.17) is 0 Å². The van der Waals surface area contributed by atoms with E-state index in [2.05, 4.69) is 32.1 Å². The molecule has 12 heavy (non-hydrogen) atoms. The number of thioether (sulfide) groups is 1. The second-order valence-electron chi connectivity index (χ2n) is 3.05. The first-order chi connectivity index (χ1) is 5.77. The smallest absolute Gasteiger partial charge is 0.0491 e. The highest BCUT2D eigenvalue weighted by Crippen LogP contribution is 2.39. The lowest BCUT2D eigenvalue weighted by molar-refractivity contribution is 1.23. The van der Waals surface area contributed by atoms with Gasteiger partial charge in [0.15, 0.2) is 0 Å². The average Bonchev–Trinajstić information content (AvgIpc) is 2.58. The summed E-state index contributed by atoms with van der Waals surface area (Å²) in [5.41, 5.74) is 1.52. The van der Waals surface area contributed by atoms with Crippen LogP contribution >= 0.6 is 23.1 Å². The van der Waals surface area contributed by atoms with Gasteiger partial charge in [0.05, 0.1) is 0 Å². The molecule has 0 spiro atoms. The molecule has 1 aromatic rings. The third-order valence-corrected chi connectivity index (χ3v) is 4.21. The first-order valence-corrected chi connectivity index (χ1v) is 5.99. The predicted molar refractivity (Wildman–Crippen MR) is 58.1 cm³/mol. The fraction of sp³-hybridized carbons (Fsp3) is 0.400. The molecule has 2 heteroatoms. The highest BCUT2D eigenvalue weighted by Gasteiger charge is 2.15. The van der Waals surface area contributed by atoms with Gasteiger partial charge in [-0.3, -0.25) is 0 Å². The number of hydrogen-bond donors (Lipinski definition) is 0. The van der Waals surface area contributed by atoms with Crippen LogP contribution in [-0.4, -0.2) is 5.75 Å². The first-order valence-electron chi connectivity index (χ1n) is 4.12. The molecule has 0 fully saturated rings. The summed E-state index contributed by atoms with van der Waals surface area (Å²) in [4.78, 5) is 2.92. The monoisotopic (exact) mass is 196 g/mol. The van der Waals surface area contributed by atoms with Crippen molar-refractivity contribution in [1.82, 2.24) is 0 Å². The Bertz CT molecular complexity index is 310. The van der Waals surface area contributed by atoms with Gasteiger partial charge in [-0.15, -0.1) is 23.1 Å². The van der Waals surface area contributed by atoms with E-state index in [1.54, 1.807) is 0 Å². The van der Waals surface area contributed by atoms with Gasteiger partial charge < -0.3 is 0 Å². The van der Waals surface area contributed by atoms with Crippen LogP contribution < -0.4 is 0 Å². The zero-order valence-electron chi connectivity index (χ0n) is 7.33. The standard InChI is InChI=1S/C10H12S2/c1-7-6-9(8(2)12-7)10-4-3-5-11-10/h3-4,6,10H,5H2,1-2H3. The molecule has 1 aliphatic rings. The second-order valence-corrected chi connectivity index (χ2v) is 5.69. The minimum Gasteiger partial charge on any atom is -0.146 e. The Labute approximate surface area is 81.7 Å². The van der Waals surface area contributed by atoms with Crippen molar-refractivity contribution in [1.29, 1.82) is 0 Å². The summed E-state index contributed by atoms with van der Waals surface area (Å²) in [6, 6.07) is 2.33. The Morgan fingerprint density at radius 2 is 2.25 bits per heavy atom. The molecule has 0 nitrogen and oxygen atoms in total. The van der Waals surface area contributed by atoms with Crippen molar-refractivity contribution in [3.8, 4) is 0 Å². The van der Waals surface area contributed by atoms with Gasteiger partial charge in [-0.2, -0.15) is 0 Å². The van der Waals surface area contributed by atoms with E-state index in [0.29, 0.717) is 5.25 Å². The van der Waals surface area contributed by atoms with Crippen molar-refractivity contribution in [2.45, 2.75) is 19.1 Å². The molecule has 1 aliphatic heterocycles. The molecular formula is C10H12S2. The van der Waals surface area contributed by atoms with E-state index in [-0.39, 0.29) is 0 Å². The van der Waals surface area contributed by atoms with E-state index in [9.17, 15) is 0 Å². The summed E-state index contributed by atoms with van der Waals surface area (Å²) >= 11 is 3.93. The molecule has 1 unspecified atom stereocenters. The fourth-order valence-corrected chi connectivity index (χ4v) is 3.64. The molecule has 1 aromatic heterocycles. The average molecular weight is 196 g/mol. The molecular weight excluding hydrogens is 184 g/mol. The van der Waals surface area contributed by atoms with E-state index >= 15 is 0 Å². The predicted octanol–water partition coefficient (Wildman–Crippen LogP) is 3.71. The summed E-state index contributed by atoms with van der Waals surface area (Å²) < 4.78 is 0. The minimum atomic E-state index is 0.634. The summed E-state index contributed by atoms with van der Waals surface area (Å²) in [7, 11) is 0. The lowest BCUT2D eigenvalue weighted by Gasteiger charge is -2.05. The topological polar surface area (TPSA) is 0 Å². The molecule has 0 saturated carbocycles. The largest absolute Gasteiger partial charge is 0.146 e. The third-order valence-electron chi connectivity index (χ3n) is 2.07. The van der Waals surface area contributed by atoms with Gasteiger partial charge in [-0.1, -0.05) is 12.2 Å². The van der Waals surface area contributed by atoms with Crippen LogP contribution in [0.3, 0.4) is 0 Å². The lowest BCUT2D eigenvalue weighted by atomic mass is 10.2. The molecule has 2 rings (SSSR count). The SMILES string of the molecule is Cc1cc(C2C=CCS2)c(C)s1. The van der Waals surface area contributed by atoms with E-state index in [1.165, 1.54) is 21.1 Å². The molecule has 0 amide bonds. The third kappa shape index (κ3) is 1.46. The van der Waals surface area contributed by atoms with Crippen LogP contribution in [-0.2, 0) is 0 Å². The molecule has 0 radical (unpaired) electrons. The maximum atomic E-state index is 2.33. The zero-order chi connectivity index (χ0) is 8.55. The Balaban J connectivity index is 2.32. The minimum absolute atomic E-state index is 0.634. The van der Waals surface area contributed by atoms with Gasteiger partial charge in [0.25, 0.3) is 0 Å². The fourth-order valence-electron chi connectivity index (χ4n) is 1.52. The summed E-state index contributed by atoms with van der Waals surface area (Å²) in [5.74, 6) is 1.18. The number of thiophene rings is 1. The van der Waals surface area contributed by atoms with Crippen molar-refractivity contribution in [2.24, 2.45) is 0 Å². The van der Waals surface area contributed by atoms with Crippen LogP contribution in [0, 0.1) is 13.8 Å². The van der Waals surface area contributed by atoms with Gasteiger partial charge in [-0.05, 0) is 25.5 Å². The van der Waals surface area contributed by atoms with E-state index in [0.717, 1.165) is 0 Å². The Morgan fingerprint density at radius 1 is 1.42 bits per heavy atom. The van der Waals surface area contributed by atoms with Crippen LogP contribution in [0.15, 0.2) is 18.2 Å². The normalized spacial score (nSPS) is 22.0. The highest BCUT2D eigenvalue weighted by atomic mass is 32.2. The summed E-state index contributed by atoms with van der Waals surface area (Å²) in [6.07, 6.45) is 4.58. The van der Waals surface area contributed by atoms with Crippen molar-refractivity contribution in [3.05, 3.63) is 33.5 Å². The lowest BCUT2D eigenvalue weighted by Crippen LogP contribution is -1.85. The quantitative estimate of drug-likeness (QED) is 0.617. The van der Waals surface area contributed by atoms with Gasteiger partial charge in [0.1, 0.15) is 0 Å². The Morgan fingerprint density at radius 3 is 2.75 bits per heavy atom. The summed E-state index contributed by atoms with van der Waals surface area (Å²) in [5, 5.41) is 0.634. The number of rotatable bonds is 1. The van der Waals surface area contributed by atoms with Crippen LogP contribution in [0.2, 0.25) is 0 Å². The first kappa shape index (κ1) is 8.39. The molecule has 0 saturated heterocycles. The van der Waals surface area contributed by atoms with Gasteiger partial charge in [0.2, 0.25) is 0 Å². The van der Waals surface area contributed by atoms with Gasteiger partial charge in [-0.25, -0.2) is 0 Å². The van der Waals surface area contributed by atoms with Crippen molar-refractivity contribution in [2.75, 3.05) is 5.75 Å². The second kappa shape index (κ2) is 3.27. The van der Waals surface area contributed by atoms with Crippen LogP contribution in [0.5, 0.6) is 0 Å². The van der Waals surface area contributed by atoms with E-state index < -0.39 is 0 Å². The van der Waals surface area contributed by atoms with Crippen LogP contribution in [0.25, 0.3) is 0 Å². The van der Waals surface area contributed by atoms with Crippen molar-refractivity contribution < 1.29 is 0 Å². The maximum absolute atomic E-state index is 2.33. The molecule has 0 aliphatic carbocycles. The molecule has 0 aromatic carbocycles. The molecule has 0 N–H and O–H groups in total. The number of hydrogen-bond acceptors (Lipinski definition) is 2. The van der Waals surface area contributed by atoms with Crippen LogP contribution in [0.1, 0.15) is 20.6 Å². The van der Waals surface area contributed by atoms with Crippen molar-refractivity contribution >= 4 is 23.1 Å². The van der Waals surface area contributed by atoms with Gasteiger partial charge in [0, 0.05) is 20.8 Å². The summed E-state index contributed by atoms with van der Waals surface area (Å²) in [6.45, 7) is 4.41. The highest BCUT2D eigenvalue weighted by molar-refractivity contribution is 8.00. The van der Waals surface area contributed by atoms with E-state index in [1.807, 2.05) is 23.1 Å². The Kier molecular flexibility index (Phi) is 2.28. The zero-order valence-corrected chi connectivity index (χ0v) is 8.97. The molecule has 64 valence electrons. The maximum Gasteiger partial charge on any atom is 0.0491 e. The number of aryl methyl sites for hydroxylation is 2. The Hall–Kier alpha value is -0.210. The van der Waals surface area contributed by atoms with Gasteiger partial charge >= 0.3 is 0 Å². The molecule has 1 atom stereocenters.